The van der Waals surface area contributed by atoms with E-state index in [-0.39, 0.29) is 0 Å². The van der Waals surface area contributed by atoms with Crippen molar-refractivity contribution in [1.29, 1.82) is 0 Å². The van der Waals surface area contributed by atoms with E-state index in [0.29, 0.717) is 12.8 Å². The van der Waals surface area contributed by atoms with Gasteiger partial charge in [-0.05, 0) is 13.7 Å². The molecule has 0 saturated heterocycles. The minimum Gasteiger partial charge on any atom is -0.280 e. The van der Waals surface area contributed by atoms with Gasteiger partial charge in [0.25, 0.3) is 0 Å². The van der Waals surface area contributed by atoms with Crippen LogP contribution in [0.25, 0.3) is 0 Å². The zero-order valence-electron chi connectivity index (χ0n) is 2.93. The summed E-state index contributed by atoms with van der Waals surface area (Å²) in [6, 6.07) is 0. The van der Waals surface area contributed by atoms with Crippen molar-refractivity contribution < 1.29 is 0 Å². The molecule has 1 heterocycles. The summed E-state index contributed by atoms with van der Waals surface area (Å²) in [5.41, 5.74) is 2.04. The third-order valence-electron chi connectivity index (χ3n) is 0.425. The largest absolute Gasteiger partial charge is 0.280 e. The van der Waals surface area contributed by atoms with Crippen molar-refractivity contribution in [2.24, 2.45) is 0 Å². The van der Waals surface area contributed by atoms with Crippen molar-refractivity contribution in [3.05, 3.63) is 15.2 Å². The first-order valence-electron chi connectivity index (χ1n) is 1.47. The highest BCUT2D eigenvalue weighted by Crippen LogP contribution is 2.19. The zero-order chi connectivity index (χ0) is 4.41. The van der Waals surface area contributed by atoms with E-state index >= 15 is 0 Å². The van der Waals surface area contributed by atoms with Crippen LogP contribution in [0.5, 0.6) is 0 Å². The fraction of sp³-hybridized carbons (Fsp3) is 0. The highest BCUT2D eigenvalue weighted by molar-refractivity contribution is 7.94. The summed E-state index contributed by atoms with van der Waals surface area (Å²) in [4.78, 5) is 10.6. The molecule has 0 saturated carbocycles. The lowest BCUT2D eigenvalue weighted by atomic mass is 11.8. The third kappa shape index (κ3) is 0.949. The first-order valence-corrected chi connectivity index (χ1v) is 5.52. The van der Waals surface area contributed by atoms with Crippen LogP contribution in [0.4, 0.5) is 0 Å². The van der Waals surface area contributed by atoms with Gasteiger partial charge in [-0.15, -0.1) is 7.87 Å². The van der Waals surface area contributed by atoms with Crippen LogP contribution in [0.1, 0.15) is 0 Å². The molecule has 0 amide bonds. The molecule has 0 aliphatic rings. The van der Waals surface area contributed by atoms with Crippen LogP contribution in [-0.4, -0.2) is 0 Å². The molecule has 0 N–H and O–H groups in total. The van der Waals surface area contributed by atoms with E-state index in [1.807, 2.05) is 5.53 Å². The summed E-state index contributed by atoms with van der Waals surface area (Å²) < 4.78 is 0. The zero-order valence-corrected chi connectivity index (χ0v) is 5.83. The van der Waals surface area contributed by atoms with E-state index in [1.54, 1.807) is 0 Å². The summed E-state index contributed by atoms with van der Waals surface area (Å²) in [7, 11) is 2.38. The Balaban J connectivity index is 3.41. The van der Waals surface area contributed by atoms with Gasteiger partial charge in [-0.1, -0.05) is 7.87 Å². The predicted octanol–water partition coefficient (Wildman–Crippen LogP) is 1.69. The number of hydrogen-bond donors (Lipinski definition) is 0. The summed E-state index contributed by atoms with van der Waals surface area (Å²) in [5, 5.41) is 0. The second-order valence-electron chi connectivity index (χ2n) is 0.833. The smallest absolute Gasteiger partial charge is 0.222 e. The van der Waals surface area contributed by atoms with Gasteiger partial charge >= 0.3 is 0 Å². The Morgan fingerprint density at radius 1 is 1.83 bits per heavy atom. The molecule has 2 atom stereocenters. The summed E-state index contributed by atoms with van der Waals surface area (Å²) in [5.74, 6) is 0. The lowest BCUT2D eigenvalue weighted by molar-refractivity contribution is 2.26. The van der Waals surface area contributed by atoms with Crippen LogP contribution in [0.3, 0.4) is 0 Å². The van der Waals surface area contributed by atoms with Gasteiger partial charge in [0.05, 0.1) is 0 Å². The topological polar surface area (TPSA) is 17.1 Å². The van der Waals surface area contributed by atoms with E-state index in [1.165, 1.54) is 0 Å². The Labute approximate surface area is 40.0 Å². The Morgan fingerprint density at radius 2 is 2.67 bits per heavy atom. The molecule has 0 aromatic carbocycles. The van der Waals surface area contributed by atoms with Crippen LogP contribution < -0.4 is 4.89 Å². The Kier molecular flexibility index (Phi) is 1.48. The van der Waals surface area contributed by atoms with Crippen LogP contribution in [-0.2, 0) is 0 Å². The second-order valence-corrected chi connectivity index (χ2v) is 5.56. The molecule has 0 aliphatic carbocycles. The van der Waals surface area contributed by atoms with E-state index in [9.17, 15) is 4.79 Å². The quantitative estimate of drug-likeness (QED) is 0.530. The van der Waals surface area contributed by atoms with E-state index in [0.717, 1.165) is 16.1 Å². The van der Waals surface area contributed by atoms with Crippen molar-refractivity contribution >= 4 is 23.9 Å². The molecule has 2 unspecified atom stereocenters. The van der Waals surface area contributed by atoms with Gasteiger partial charge < -0.3 is 0 Å². The molecule has 0 radical (unpaired) electrons. The van der Waals surface area contributed by atoms with Crippen molar-refractivity contribution in [3.63, 3.8) is 0 Å². The summed E-state index contributed by atoms with van der Waals surface area (Å²) in [6.07, 6.45) is 0. The van der Waals surface area contributed by atoms with Gasteiger partial charge in [0.15, 0.2) is 0 Å². The van der Waals surface area contributed by atoms with Crippen LogP contribution in [0.2, 0.25) is 0 Å². The number of hydrogen-bond acceptors (Lipinski definition) is 1. The molecule has 1 aromatic rings. The SMILES string of the molecule is O=c1pc[pH][pH]1. The molecular weight excluding hydrogens is 133 g/mol. The molecule has 4 heteroatoms. The summed E-state index contributed by atoms with van der Waals surface area (Å²) in [6.45, 7) is 0. The van der Waals surface area contributed by atoms with Crippen LogP contribution in [0.15, 0.2) is 10.3 Å². The molecule has 0 bridgehead atoms. The Hall–Kier alpha value is 0.440. The average Bonchev–Trinajstić information content (AvgIpc) is 1.86. The van der Waals surface area contributed by atoms with Gasteiger partial charge in [0.1, 0.15) is 0 Å². The molecule has 1 nitrogen and oxygen atoms in total. The van der Waals surface area contributed by atoms with E-state index < -0.39 is 0 Å². The molecule has 0 spiro atoms. The lowest BCUT2D eigenvalue weighted by Crippen LogP contribution is -1.67. The van der Waals surface area contributed by atoms with Crippen molar-refractivity contribution in [3.8, 4) is 0 Å². The maximum Gasteiger partial charge on any atom is 0.222 e. The third-order valence-corrected chi connectivity index (χ3v) is 5.68. The van der Waals surface area contributed by atoms with Gasteiger partial charge in [0.2, 0.25) is 4.89 Å². The van der Waals surface area contributed by atoms with Crippen LogP contribution in [0, 0.1) is 0 Å². The molecule has 1 rings (SSSR count). The highest BCUT2D eigenvalue weighted by atomic mass is 31.8. The maximum atomic E-state index is 10.2. The standard InChI is InChI=1S/C2H3OP3/c3-2-4-1-5-6-2/h1,5-6H. The fourth-order valence-electron chi connectivity index (χ4n) is 0.217. The van der Waals surface area contributed by atoms with Gasteiger partial charge in [-0.2, -0.15) is 0 Å². The predicted molar refractivity (Wildman–Crippen MR) is 34.2 cm³/mol. The highest BCUT2D eigenvalue weighted by Gasteiger charge is 1.72. The van der Waals surface area contributed by atoms with Crippen molar-refractivity contribution in [1.82, 2.24) is 0 Å². The lowest BCUT2D eigenvalue weighted by Gasteiger charge is -1.44. The first-order chi connectivity index (χ1) is 2.89. The summed E-state index contributed by atoms with van der Waals surface area (Å²) >= 11 is 0. The second kappa shape index (κ2) is 1.94. The normalized spacial score (nSPS) is 12.7. The first kappa shape index (κ1) is 4.60. The average molecular weight is 136 g/mol. The number of rotatable bonds is 0. The minimum absolute atomic E-state index is 0.410. The Bertz CT molecular complexity index is 147. The van der Waals surface area contributed by atoms with Gasteiger partial charge in [0, 0.05) is 0 Å². The van der Waals surface area contributed by atoms with Gasteiger partial charge in [-0.3, -0.25) is 4.79 Å². The molecule has 0 fully saturated rings. The van der Waals surface area contributed by atoms with Crippen molar-refractivity contribution in [2.75, 3.05) is 0 Å². The van der Waals surface area contributed by atoms with Crippen molar-refractivity contribution in [2.45, 2.75) is 0 Å². The van der Waals surface area contributed by atoms with Crippen LogP contribution >= 0.6 is 23.9 Å². The molecule has 32 valence electrons. The molecule has 0 aliphatic heterocycles. The van der Waals surface area contributed by atoms with E-state index in [4.69, 9.17) is 0 Å². The van der Waals surface area contributed by atoms with Gasteiger partial charge in [-0.25, -0.2) is 0 Å². The molecular formula is C2H3OP3. The maximum absolute atomic E-state index is 10.2. The minimum atomic E-state index is 0.410. The fourth-order valence-corrected chi connectivity index (χ4v) is 4.86. The van der Waals surface area contributed by atoms with E-state index in [2.05, 4.69) is 0 Å². The molecule has 6 heavy (non-hydrogen) atoms. The monoisotopic (exact) mass is 136 g/mol. The Morgan fingerprint density at radius 3 is 2.83 bits per heavy atom. The molecule has 1 aromatic heterocycles.